The number of hydrogen-bond donors (Lipinski definition) is 1. The molecule has 0 aromatic rings. The molecular formula is C15H30N2S. The number of unbranched alkanes of at least 4 members (excludes halogenated alkanes) is 1. The minimum absolute atomic E-state index is 0.556. The Labute approximate surface area is 119 Å². The monoisotopic (exact) mass is 270 g/mol. The largest absolute Gasteiger partial charge is 0.360 e. The van der Waals surface area contributed by atoms with Crippen molar-refractivity contribution in [2.24, 2.45) is 0 Å². The minimum Gasteiger partial charge on any atom is -0.360 e. The fourth-order valence-corrected chi connectivity index (χ4v) is 3.01. The first kappa shape index (κ1) is 15.7. The second-order valence-corrected chi connectivity index (χ2v) is 5.98. The topological polar surface area (TPSA) is 15.3 Å². The predicted molar refractivity (Wildman–Crippen MR) is 84.0 cm³/mol. The van der Waals surface area contributed by atoms with Crippen LogP contribution in [0.2, 0.25) is 0 Å². The van der Waals surface area contributed by atoms with E-state index in [4.69, 9.17) is 12.2 Å². The molecule has 3 heteroatoms. The molecule has 1 unspecified atom stereocenters. The van der Waals surface area contributed by atoms with Crippen molar-refractivity contribution in [1.82, 2.24) is 10.2 Å². The van der Waals surface area contributed by atoms with Gasteiger partial charge in [-0.1, -0.05) is 39.5 Å². The van der Waals surface area contributed by atoms with Gasteiger partial charge < -0.3 is 10.2 Å². The zero-order valence-electron chi connectivity index (χ0n) is 12.4. The zero-order valence-corrected chi connectivity index (χ0v) is 13.2. The molecule has 0 radical (unpaired) electrons. The standard InChI is InChI=1S/C15H30N2S/c1-4-6-12-17(13(3)5-2)15(18)16-14-10-8-7-9-11-14/h13-14H,4-12H2,1-3H3,(H,16,18). The van der Waals surface area contributed by atoms with Gasteiger partial charge in [0.2, 0.25) is 0 Å². The first-order chi connectivity index (χ1) is 8.69. The van der Waals surface area contributed by atoms with E-state index in [2.05, 4.69) is 31.0 Å². The van der Waals surface area contributed by atoms with Gasteiger partial charge in [-0.05, 0) is 44.8 Å². The first-order valence-electron chi connectivity index (χ1n) is 7.76. The summed E-state index contributed by atoms with van der Waals surface area (Å²) in [7, 11) is 0. The highest BCUT2D eigenvalue weighted by Gasteiger charge is 2.19. The minimum atomic E-state index is 0.556. The van der Waals surface area contributed by atoms with E-state index in [9.17, 15) is 0 Å². The summed E-state index contributed by atoms with van der Waals surface area (Å²) in [6.45, 7) is 7.87. The van der Waals surface area contributed by atoms with E-state index in [1.165, 1.54) is 44.9 Å². The van der Waals surface area contributed by atoms with Gasteiger partial charge in [-0.2, -0.15) is 0 Å². The number of thiocarbonyl (C=S) groups is 1. The maximum atomic E-state index is 5.63. The number of hydrogen-bond acceptors (Lipinski definition) is 1. The maximum Gasteiger partial charge on any atom is 0.169 e. The molecule has 1 atom stereocenters. The van der Waals surface area contributed by atoms with Crippen LogP contribution in [0.4, 0.5) is 0 Å². The molecule has 0 amide bonds. The quantitative estimate of drug-likeness (QED) is 0.732. The molecule has 1 aliphatic carbocycles. The summed E-state index contributed by atoms with van der Waals surface area (Å²) in [4.78, 5) is 2.40. The lowest BCUT2D eigenvalue weighted by Crippen LogP contribution is -2.49. The van der Waals surface area contributed by atoms with Gasteiger partial charge in [-0.25, -0.2) is 0 Å². The molecule has 1 aliphatic rings. The van der Waals surface area contributed by atoms with Crippen molar-refractivity contribution < 1.29 is 0 Å². The highest BCUT2D eigenvalue weighted by molar-refractivity contribution is 7.80. The fourth-order valence-electron chi connectivity index (χ4n) is 2.58. The van der Waals surface area contributed by atoms with Crippen LogP contribution < -0.4 is 5.32 Å². The molecular weight excluding hydrogens is 240 g/mol. The van der Waals surface area contributed by atoms with Gasteiger partial charge in [0, 0.05) is 18.6 Å². The maximum absolute atomic E-state index is 5.63. The molecule has 0 heterocycles. The first-order valence-corrected chi connectivity index (χ1v) is 8.17. The van der Waals surface area contributed by atoms with Gasteiger partial charge in [0.15, 0.2) is 5.11 Å². The summed E-state index contributed by atoms with van der Waals surface area (Å²) in [6, 6.07) is 1.18. The Bertz CT molecular complexity index is 237. The van der Waals surface area contributed by atoms with Crippen LogP contribution >= 0.6 is 12.2 Å². The van der Waals surface area contributed by atoms with E-state index in [1.807, 2.05) is 0 Å². The Balaban J connectivity index is 2.46. The van der Waals surface area contributed by atoms with Crippen molar-refractivity contribution in [3.63, 3.8) is 0 Å². The molecule has 0 aromatic heterocycles. The van der Waals surface area contributed by atoms with E-state index in [0.717, 1.165) is 18.1 Å². The van der Waals surface area contributed by atoms with Gasteiger partial charge in [0.25, 0.3) is 0 Å². The van der Waals surface area contributed by atoms with E-state index in [1.54, 1.807) is 0 Å². The van der Waals surface area contributed by atoms with Crippen LogP contribution in [0.25, 0.3) is 0 Å². The van der Waals surface area contributed by atoms with E-state index < -0.39 is 0 Å². The molecule has 1 fully saturated rings. The molecule has 0 aromatic carbocycles. The van der Waals surface area contributed by atoms with Crippen molar-refractivity contribution in [2.75, 3.05) is 6.54 Å². The van der Waals surface area contributed by atoms with Crippen LogP contribution in [0.5, 0.6) is 0 Å². The average molecular weight is 270 g/mol. The fraction of sp³-hybridized carbons (Fsp3) is 0.933. The zero-order chi connectivity index (χ0) is 13.4. The molecule has 0 spiro atoms. The highest BCUT2D eigenvalue weighted by Crippen LogP contribution is 2.18. The summed E-state index contributed by atoms with van der Waals surface area (Å²) < 4.78 is 0. The third-order valence-electron chi connectivity index (χ3n) is 4.07. The molecule has 1 rings (SSSR count). The lowest BCUT2D eigenvalue weighted by Gasteiger charge is -2.34. The number of nitrogens with zero attached hydrogens (tertiary/aromatic N) is 1. The van der Waals surface area contributed by atoms with Crippen LogP contribution in [-0.4, -0.2) is 28.6 Å². The van der Waals surface area contributed by atoms with E-state index in [0.29, 0.717) is 12.1 Å². The summed E-state index contributed by atoms with van der Waals surface area (Å²) >= 11 is 5.63. The molecule has 1 saturated carbocycles. The lowest BCUT2D eigenvalue weighted by molar-refractivity contribution is 0.302. The van der Waals surface area contributed by atoms with E-state index in [-0.39, 0.29) is 0 Å². The molecule has 18 heavy (non-hydrogen) atoms. The third kappa shape index (κ3) is 5.13. The highest BCUT2D eigenvalue weighted by atomic mass is 32.1. The summed E-state index contributed by atoms with van der Waals surface area (Å²) in [5, 5.41) is 4.59. The molecule has 0 bridgehead atoms. The van der Waals surface area contributed by atoms with Crippen molar-refractivity contribution in [3.05, 3.63) is 0 Å². The molecule has 0 aliphatic heterocycles. The second-order valence-electron chi connectivity index (χ2n) is 5.59. The van der Waals surface area contributed by atoms with Gasteiger partial charge in [0.05, 0.1) is 0 Å². The summed E-state index contributed by atoms with van der Waals surface area (Å²) in [5.41, 5.74) is 0. The Kier molecular flexibility index (Phi) is 7.64. The van der Waals surface area contributed by atoms with E-state index >= 15 is 0 Å². The number of rotatable bonds is 6. The van der Waals surface area contributed by atoms with Crippen LogP contribution in [-0.2, 0) is 0 Å². The van der Waals surface area contributed by atoms with Crippen molar-refractivity contribution in [1.29, 1.82) is 0 Å². The Morgan fingerprint density at radius 3 is 2.50 bits per heavy atom. The van der Waals surface area contributed by atoms with Gasteiger partial charge in [-0.15, -0.1) is 0 Å². The van der Waals surface area contributed by atoms with Crippen LogP contribution in [0.3, 0.4) is 0 Å². The Morgan fingerprint density at radius 2 is 1.94 bits per heavy atom. The molecule has 2 nitrogen and oxygen atoms in total. The normalized spacial score (nSPS) is 18.4. The van der Waals surface area contributed by atoms with Gasteiger partial charge in [0.1, 0.15) is 0 Å². The van der Waals surface area contributed by atoms with Crippen molar-refractivity contribution in [2.45, 2.75) is 84.2 Å². The third-order valence-corrected chi connectivity index (χ3v) is 4.42. The molecule has 106 valence electrons. The van der Waals surface area contributed by atoms with Crippen molar-refractivity contribution in [3.8, 4) is 0 Å². The van der Waals surface area contributed by atoms with Crippen LogP contribution in [0, 0.1) is 0 Å². The van der Waals surface area contributed by atoms with Gasteiger partial charge in [-0.3, -0.25) is 0 Å². The SMILES string of the molecule is CCCCN(C(=S)NC1CCCCC1)C(C)CC. The van der Waals surface area contributed by atoms with Crippen LogP contribution in [0.15, 0.2) is 0 Å². The smallest absolute Gasteiger partial charge is 0.169 e. The average Bonchev–Trinajstić information content (AvgIpc) is 2.40. The molecule has 0 saturated heterocycles. The van der Waals surface area contributed by atoms with Gasteiger partial charge >= 0.3 is 0 Å². The Morgan fingerprint density at radius 1 is 1.28 bits per heavy atom. The predicted octanol–water partition coefficient (Wildman–Crippen LogP) is 4.09. The molecule has 1 N–H and O–H groups in total. The summed E-state index contributed by atoms with van der Waals surface area (Å²) in [5.74, 6) is 0. The van der Waals surface area contributed by atoms with Crippen LogP contribution in [0.1, 0.15) is 72.1 Å². The summed E-state index contributed by atoms with van der Waals surface area (Å²) in [6.07, 6.45) is 10.3. The number of nitrogens with one attached hydrogen (secondary N) is 1. The lowest BCUT2D eigenvalue weighted by atomic mass is 9.96. The Hall–Kier alpha value is -0.310. The second kappa shape index (κ2) is 8.73. The van der Waals surface area contributed by atoms with Crippen molar-refractivity contribution >= 4 is 17.3 Å².